The van der Waals surface area contributed by atoms with Crippen molar-refractivity contribution in [2.75, 3.05) is 12.4 Å². The molecule has 0 aliphatic heterocycles. The molecule has 7 heteroatoms. The summed E-state index contributed by atoms with van der Waals surface area (Å²) in [5, 5.41) is 21.7. The van der Waals surface area contributed by atoms with E-state index >= 15 is 0 Å². The second-order valence-corrected chi connectivity index (χ2v) is 6.46. The number of nitrogens with zero attached hydrogens (tertiary/aromatic N) is 1. The SMILES string of the molecule is COc1cc(/C=C(/C#N)C(=O)Nc2cccc(Br)c2)cc(Br)c1O. The Morgan fingerprint density at radius 2 is 2.08 bits per heavy atom. The van der Waals surface area contributed by atoms with E-state index in [-0.39, 0.29) is 17.1 Å². The second-order valence-electron chi connectivity index (χ2n) is 4.69. The third kappa shape index (κ3) is 4.37. The van der Waals surface area contributed by atoms with Crippen LogP contribution >= 0.6 is 31.9 Å². The summed E-state index contributed by atoms with van der Waals surface area (Å²) in [6.07, 6.45) is 1.42. The summed E-state index contributed by atoms with van der Waals surface area (Å²) in [6.45, 7) is 0. The quantitative estimate of drug-likeness (QED) is 0.530. The Balaban J connectivity index is 2.31. The van der Waals surface area contributed by atoms with Crippen molar-refractivity contribution in [2.24, 2.45) is 0 Å². The lowest BCUT2D eigenvalue weighted by molar-refractivity contribution is -0.112. The van der Waals surface area contributed by atoms with Gasteiger partial charge in [-0.1, -0.05) is 22.0 Å². The van der Waals surface area contributed by atoms with Crippen molar-refractivity contribution in [1.29, 1.82) is 5.26 Å². The number of rotatable bonds is 4. The normalized spacial score (nSPS) is 10.8. The van der Waals surface area contributed by atoms with Crippen LogP contribution in [0.15, 0.2) is 50.9 Å². The lowest BCUT2D eigenvalue weighted by Gasteiger charge is -2.08. The highest BCUT2D eigenvalue weighted by Crippen LogP contribution is 2.35. The molecule has 0 spiro atoms. The summed E-state index contributed by atoms with van der Waals surface area (Å²) in [5.74, 6) is -0.342. The summed E-state index contributed by atoms with van der Waals surface area (Å²) < 4.78 is 6.27. The smallest absolute Gasteiger partial charge is 0.266 e. The first-order chi connectivity index (χ1) is 11.4. The number of phenolic OH excluding ortho intramolecular Hbond substituents is 1. The molecule has 2 N–H and O–H groups in total. The van der Waals surface area contributed by atoms with Crippen LogP contribution < -0.4 is 10.1 Å². The number of anilines is 1. The van der Waals surface area contributed by atoms with Gasteiger partial charge in [0.15, 0.2) is 11.5 Å². The van der Waals surface area contributed by atoms with Crippen molar-refractivity contribution in [3.8, 4) is 17.6 Å². The number of nitrogens with one attached hydrogen (secondary N) is 1. The molecule has 2 aromatic rings. The highest BCUT2D eigenvalue weighted by molar-refractivity contribution is 9.10. The van der Waals surface area contributed by atoms with Crippen LogP contribution in [0.2, 0.25) is 0 Å². The number of nitriles is 1. The highest BCUT2D eigenvalue weighted by Gasteiger charge is 2.12. The van der Waals surface area contributed by atoms with Crippen LogP contribution in [-0.4, -0.2) is 18.1 Å². The molecule has 0 bridgehead atoms. The van der Waals surface area contributed by atoms with Gasteiger partial charge in [-0.25, -0.2) is 0 Å². The van der Waals surface area contributed by atoms with Gasteiger partial charge in [-0.05, 0) is 57.9 Å². The number of amides is 1. The molecular weight excluding hydrogens is 440 g/mol. The molecule has 0 aliphatic rings. The molecule has 0 unspecified atom stereocenters. The van der Waals surface area contributed by atoms with Gasteiger partial charge < -0.3 is 15.2 Å². The first-order valence-corrected chi connectivity index (χ1v) is 8.28. The number of methoxy groups -OCH3 is 1. The molecule has 0 radical (unpaired) electrons. The van der Waals surface area contributed by atoms with Gasteiger partial charge in [0.05, 0.1) is 11.6 Å². The number of carbonyl (C=O) groups is 1. The Kier molecular flexibility index (Phi) is 6.01. The van der Waals surface area contributed by atoms with Crippen molar-refractivity contribution in [2.45, 2.75) is 0 Å². The maximum Gasteiger partial charge on any atom is 0.266 e. The standard InChI is InChI=1S/C17H12Br2N2O3/c1-24-15-7-10(6-14(19)16(15)22)5-11(9-20)17(23)21-13-4-2-3-12(18)8-13/h2-8,22H,1H3,(H,21,23)/b11-5-. The van der Waals surface area contributed by atoms with Gasteiger partial charge in [0.25, 0.3) is 5.91 Å². The van der Waals surface area contributed by atoms with Gasteiger partial charge in [0.1, 0.15) is 11.6 Å². The van der Waals surface area contributed by atoms with Crippen LogP contribution in [0.5, 0.6) is 11.5 Å². The van der Waals surface area contributed by atoms with Crippen molar-refractivity contribution in [1.82, 2.24) is 0 Å². The minimum Gasteiger partial charge on any atom is -0.503 e. The summed E-state index contributed by atoms with van der Waals surface area (Å²) in [5.41, 5.74) is 1.03. The van der Waals surface area contributed by atoms with E-state index in [0.29, 0.717) is 15.7 Å². The summed E-state index contributed by atoms with van der Waals surface area (Å²) in [7, 11) is 1.42. The molecular formula is C17H12Br2N2O3. The van der Waals surface area contributed by atoms with Crippen LogP contribution in [0.4, 0.5) is 5.69 Å². The van der Waals surface area contributed by atoms with Crippen molar-refractivity contribution < 1.29 is 14.6 Å². The average Bonchev–Trinajstić information content (AvgIpc) is 2.55. The largest absolute Gasteiger partial charge is 0.503 e. The van der Waals surface area contributed by atoms with Crippen LogP contribution in [0.3, 0.4) is 0 Å². The van der Waals surface area contributed by atoms with Gasteiger partial charge in [0, 0.05) is 10.2 Å². The fourth-order valence-corrected chi connectivity index (χ4v) is 2.77. The van der Waals surface area contributed by atoms with E-state index in [1.165, 1.54) is 19.3 Å². The zero-order valence-corrected chi connectivity index (χ0v) is 15.7. The minimum absolute atomic E-state index is 0.0493. The maximum atomic E-state index is 12.3. The minimum atomic E-state index is -0.529. The zero-order chi connectivity index (χ0) is 17.7. The van der Waals surface area contributed by atoms with Crippen LogP contribution in [0.25, 0.3) is 6.08 Å². The topological polar surface area (TPSA) is 82.3 Å². The van der Waals surface area contributed by atoms with E-state index in [2.05, 4.69) is 37.2 Å². The third-order valence-electron chi connectivity index (χ3n) is 3.03. The molecule has 0 fully saturated rings. The molecule has 24 heavy (non-hydrogen) atoms. The number of ether oxygens (including phenoxy) is 1. The summed E-state index contributed by atoms with van der Waals surface area (Å²) >= 11 is 6.52. The molecule has 1 amide bonds. The molecule has 2 rings (SSSR count). The average molecular weight is 452 g/mol. The molecule has 0 aromatic heterocycles. The summed E-state index contributed by atoms with van der Waals surface area (Å²) in [6, 6.07) is 12.0. The fraction of sp³-hybridized carbons (Fsp3) is 0.0588. The molecule has 0 heterocycles. The van der Waals surface area contributed by atoms with Crippen LogP contribution in [0, 0.1) is 11.3 Å². The number of hydrogen-bond acceptors (Lipinski definition) is 4. The van der Waals surface area contributed by atoms with Crippen molar-refractivity contribution >= 4 is 49.5 Å². The van der Waals surface area contributed by atoms with Crippen LogP contribution in [0.1, 0.15) is 5.56 Å². The van der Waals surface area contributed by atoms with Gasteiger partial charge in [-0.2, -0.15) is 5.26 Å². The Morgan fingerprint density at radius 3 is 2.71 bits per heavy atom. The van der Waals surface area contributed by atoms with Gasteiger partial charge in [-0.15, -0.1) is 0 Å². The Morgan fingerprint density at radius 1 is 1.33 bits per heavy atom. The highest BCUT2D eigenvalue weighted by atomic mass is 79.9. The first-order valence-electron chi connectivity index (χ1n) is 6.70. The van der Waals surface area contributed by atoms with Crippen molar-refractivity contribution in [3.05, 3.63) is 56.5 Å². The van der Waals surface area contributed by atoms with E-state index < -0.39 is 5.91 Å². The number of benzene rings is 2. The predicted molar refractivity (Wildman–Crippen MR) is 98.7 cm³/mol. The van der Waals surface area contributed by atoms with Gasteiger partial charge in [0.2, 0.25) is 0 Å². The van der Waals surface area contributed by atoms with E-state index in [1.807, 2.05) is 12.1 Å². The molecule has 2 aromatic carbocycles. The first kappa shape index (κ1) is 18.0. The predicted octanol–water partition coefficient (Wildman–Crippen LogP) is 4.47. The third-order valence-corrected chi connectivity index (χ3v) is 4.13. The van der Waals surface area contributed by atoms with E-state index in [9.17, 15) is 15.2 Å². The number of phenols is 1. The Labute approximate surface area is 155 Å². The number of hydrogen-bond donors (Lipinski definition) is 2. The molecule has 0 saturated carbocycles. The van der Waals surface area contributed by atoms with Gasteiger partial charge in [-0.3, -0.25) is 4.79 Å². The monoisotopic (exact) mass is 450 g/mol. The number of halogens is 2. The van der Waals surface area contributed by atoms with Gasteiger partial charge >= 0.3 is 0 Å². The molecule has 5 nitrogen and oxygen atoms in total. The van der Waals surface area contributed by atoms with E-state index in [0.717, 1.165) is 4.47 Å². The molecule has 0 saturated heterocycles. The number of aromatic hydroxyl groups is 1. The number of carbonyl (C=O) groups excluding carboxylic acids is 1. The molecule has 122 valence electrons. The molecule has 0 aliphatic carbocycles. The maximum absolute atomic E-state index is 12.3. The lowest BCUT2D eigenvalue weighted by atomic mass is 10.1. The summed E-state index contributed by atoms with van der Waals surface area (Å²) in [4.78, 5) is 12.3. The Bertz CT molecular complexity index is 857. The fourth-order valence-electron chi connectivity index (χ4n) is 1.91. The van der Waals surface area contributed by atoms with E-state index in [1.54, 1.807) is 24.3 Å². The Hall–Kier alpha value is -2.30. The van der Waals surface area contributed by atoms with Crippen LogP contribution in [-0.2, 0) is 4.79 Å². The second kappa shape index (κ2) is 7.99. The van der Waals surface area contributed by atoms with E-state index in [4.69, 9.17) is 4.74 Å². The van der Waals surface area contributed by atoms with Crippen molar-refractivity contribution in [3.63, 3.8) is 0 Å². The lowest BCUT2D eigenvalue weighted by Crippen LogP contribution is -2.13. The molecule has 0 atom stereocenters. The zero-order valence-electron chi connectivity index (χ0n) is 12.5.